The first-order valence-electron chi connectivity index (χ1n) is 6.10. The lowest BCUT2D eigenvalue weighted by Crippen LogP contribution is -1.99. The number of ether oxygens (including phenoxy) is 2. The number of nitrogens with one attached hydrogen (secondary N) is 1. The molecule has 0 aliphatic carbocycles. The standard InChI is InChI=1S/C13H14BrN3O2/c1-2-17-7-10(6-16-17)15-5-9-3-11(14)13-12(4-9)18-8-19-13/h3-4,6-7,15H,2,5,8H2,1H3. The monoisotopic (exact) mass is 323 g/mol. The van der Waals surface area contributed by atoms with Crippen molar-refractivity contribution >= 4 is 21.6 Å². The topological polar surface area (TPSA) is 48.3 Å². The van der Waals surface area contributed by atoms with Crippen LogP contribution in [0.25, 0.3) is 0 Å². The first kappa shape index (κ1) is 12.3. The molecule has 0 radical (unpaired) electrons. The van der Waals surface area contributed by atoms with Crippen LogP contribution in [-0.2, 0) is 13.1 Å². The molecule has 2 aromatic rings. The van der Waals surface area contributed by atoms with Gasteiger partial charge in [0.15, 0.2) is 11.5 Å². The summed E-state index contributed by atoms with van der Waals surface area (Å²) >= 11 is 3.49. The minimum absolute atomic E-state index is 0.286. The number of hydrogen-bond donors (Lipinski definition) is 1. The van der Waals surface area contributed by atoms with Crippen LogP contribution in [0.3, 0.4) is 0 Å². The maximum atomic E-state index is 5.40. The molecular weight excluding hydrogens is 310 g/mol. The Morgan fingerprint density at radius 1 is 1.42 bits per heavy atom. The second kappa shape index (κ2) is 5.13. The van der Waals surface area contributed by atoms with Crippen molar-refractivity contribution < 1.29 is 9.47 Å². The molecule has 0 saturated carbocycles. The highest BCUT2D eigenvalue weighted by atomic mass is 79.9. The Balaban J connectivity index is 1.72. The van der Waals surface area contributed by atoms with Crippen LogP contribution in [-0.4, -0.2) is 16.6 Å². The summed E-state index contributed by atoms with van der Waals surface area (Å²) in [6.45, 7) is 3.93. The minimum atomic E-state index is 0.286. The van der Waals surface area contributed by atoms with Crippen LogP contribution in [0.15, 0.2) is 29.0 Å². The number of rotatable bonds is 4. The van der Waals surface area contributed by atoms with Crippen molar-refractivity contribution in [1.82, 2.24) is 9.78 Å². The Hall–Kier alpha value is -1.69. The molecule has 0 fully saturated rings. The van der Waals surface area contributed by atoms with E-state index in [4.69, 9.17) is 9.47 Å². The van der Waals surface area contributed by atoms with Crippen molar-refractivity contribution in [2.45, 2.75) is 20.0 Å². The van der Waals surface area contributed by atoms with Gasteiger partial charge in [0, 0.05) is 19.3 Å². The van der Waals surface area contributed by atoms with E-state index >= 15 is 0 Å². The molecule has 3 rings (SSSR count). The molecule has 1 aromatic heterocycles. The first-order valence-corrected chi connectivity index (χ1v) is 6.90. The highest BCUT2D eigenvalue weighted by Crippen LogP contribution is 2.40. The number of nitrogens with zero attached hydrogens (tertiary/aromatic N) is 2. The van der Waals surface area contributed by atoms with Gasteiger partial charge in [0.1, 0.15) is 0 Å². The summed E-state index contributed by atoms with van der Waals surface area (Å²) < 4.78 is 13.6. The summed E-state index contributed by atoms with van der Waals surface area (Å²) in [5.41, 5.74) is 2.14. The Kier molecular flexibility index (Phi) is 3.33. The summed E-state index contributed by atoms with van der Waals surface area (Å²) in [7, 11) is 0. The lowest BCUT2D eigenvalue weighted by Gasteiger charge is -2.06. The van der Waals surface area contributed by atoms with Crippen LogP contribution in [0, 0.1) is 0 Å². The Labute approximate surface area is 119 Å². The molecule has 1 N–H and O–H groups in total. The van der Waals surface area contributed by atoms with E-state index in [9.17, 15) is 0 Å². The molecule has 5 nitrogen and oxygen atoms in total. The van der Waals surface area contributed by atoms with Crippen LogP contribution >= 0.6 is 15.9 Å². The summed E-state index contributed by atoms with van der Waals surface area (Å²) in [4.78, 5) is 0. The van der Waals surface area contributed by atoms with Gasteiger partial charge < -0.3 is 14.8 Å². The molecule has 1 aliphatic heterocycles. The minimum Gasteiger partial charge on any atom is -0.454 e. The van der Waals surface area contributed by atoms with Crippen molar-refractivity contribution in [2.24, 2.45) is 0 Å². The van der Waals surface area contributed by atoms with Gasteiger partial charge in [-0.25, -0.2) is 0 Å². The Morgan fingerprint density at radius 3 is 3.11 bits per heavy atom. The fourth-order valence-corrected chi connectivity index (χ4v) is 2.56. The molecule has 0 amide bonds. The van der Waals surface area contributed by atoms with E-state index in [1.165, 1.54) is 0 Å². The van der Waals surface area contributed by atoms with Gasteiger partial charge in [0.25, 0.3) is 0 Å². The third-order valence-corrected chi connectivity index (χ3v) is 3.53. The number of halogens is 1. The van der Waals surface area contributed by atoms with Gasteiger partial charge >= 0.3 is 0 Å². The van der Waals surface area contributed by atoms with Crippen LogP contribution in [0.5, 0.6) is 11.5 Å². The zero-order valence-corrected chi connectivity index (χ0v) is 12.1. The molecule has 0 unspecified atom stereocenters. The van der Waals surface area contributed by atoms with E-state index in [-0.39, 0.29) is 6.79 Å². The molecule has 1 aromatic carbocycles. The van der Waals surface area contributed by atoms with E-state index in [0.717, 1.165) is 33.8 Å². The molecule has 100 valence electrons. The number of aryl methyl sites for hydroxylation is 1. The van der Waals surface area contributed by atoms with Gasteiger partial charge in [-0.3, -0.25) is 4.68 Å². The Bertz CT molecular complexity index is 598. The SMILES string of the molecule is CCn1cc(NCc2cc(Br)c3c(c2)OCO3)cn1. The maximum absolute atomic E-state index is 5.40. The first-order chi connectivity index (χ1) is 9.26. The normalized spacial score (nSPS) is 12.7. The number of fused-ring (bicyclic) bond motifs is 1. The molecule has 2 heterocycles. The van der Waals surface area contributed by atoms with Crippen LogP contribution in [0.4, 0.5) is 5.69 Å². The lowest BCUT2D eigenvalue weighted by molar-refractivity contribution is 0.173. The van der Waals surface area contributed by atoms with E-state index in [2.05, 4.69) is 33.3 Å². The predicted octanol–water partition coefficient (Wildman–Crippen LogP) is 3.01. The van der Waals surface area contributed by atoms with Gasteiger partial charge in [0.2, 0.25) is 6.79 Å². The summed E-state index contributed by atoms with van der Waals surface area (Å²) in [5.74, 6) is 1.57. The molecule has 1 aliphatic rings. The van der Waals surface area contributed by atoms with Crippen molar-refractivity contribution in [1.29, 1.82) is 0 Å². The van der Waals surface area contributed by atoms with E-state index in [1.807, 2.05) is 29.2 Å². The fourth-order valence-electron chi connectivity index (χ4n) is 1.95. The highest BCUT2D eigenvalue weighted by Gasteiger charge is 2.17. The molecule has 0 saturated heterocycles. The predicted molar refractivity (Wildman–Crippen MR) is 75.5 cm³/mol. The third kappa shape index (κ3) is 2.53. The second-order valence-electron chi connectivity index (χ2n) is 4.25. The maximum Gasteiger partial charge on any atom is 0.231 e. The molecule has 0 atom stereocenters. The third-order valence-electron chi connectivity index (χ3n) is 2.94. The van der Waals surface area contributed by atoms with Crippen molar-refractivity contribution in [3.63, 3.8) is 0 Å². The summed E-state index contributed by atoms with van der Waals surface area (Å²) in [5, 5.41) is 7.56. The van der Waals surface area contributed by atoms with Gasteiger partial charge in [-0.1, -0.05) is 0 Å². The van der Waals surface area contributed by atoms with Gasteiger partial charge in [-0.05, 0) is 40.5 Å². The van der Waals surface area contributed by atoms with E-state index in [0.29, 0.717) is 6.54 Å². The number of aromatic nitrogens is 2. The fraction of sp³-hybridized carbons (Fsp3) is 0.308. The van der Waals surface area contributed by atoms with E-state index in [1.54, 1.807) is 0 Å². The molecule has 0 bridgehead atoms. The van der Waals surface area contributed by atoms with Crippen molar-refractivity contribution in [3.05, 3.63) is 34.6 Å². The second-order valence-corrected chi connectivity index (χ2v) is 5.10. The zero-order valence-electron chi connectivity index (χ0n) is 10.5. The molecular formula is C13H14BrN3O2. The lowest BCUT2D eigenvalue weighted by atomic mass is 10.2. The number of hydrogen-bond acceptors (Lipinski definition) is 4. The Morgan fingerprint density at radius 2 is 2.32 bits per heavy atom. The quantitative estimate of drug-likeness (QED) is 0.939. The average Bonchev–Trinajstić information content (AvgIpc) is 3.05. The smallest absolute Gasteiger partial charge is 0.231 e. The van der Waals surface area contributed by atoms with Crippen LogP contribution in [0.1, 0.15) is 12.5 Å². The molecule has 0 spiro atoms. The molecule has 19 heavy (non-hydrogen) atoms. The zero-order chi connectivity index (χ0) is 13.2. The van der Waals surface area contributed by atoms with Gasteiger partial charge in [0.05, 0.1) is 16.4 Å². The van der Waals surface area contributed by atoms with Gasteiger partial charge in [-0.2, -0.15) is 5.10 Å². The van der Waals surface area contributed by atoms with Crippen molar-refractivity contribution in [3.8, 4) is 11.5 Å². The average molecular weight is 324 g/mol. The molecule has 6 heteroatoms. The number of anilines is 1. The van der Waals surface area contributed by atoms with Gasteiger partial charge in [-0.15, -0.1) is 0 Å². The van der Waals surface area contributed by atoms with Crippen LogP contribution < -0.4 is 14.8 Å². The van der Waals surface area contributed by atoms with E-state index < -0.39 is 0 Å². The van der Waals surface area contributed by atoms with Crippen LogP contribution in [0.2, 0.25) is 0 Å². The van der Waals surface area contributed by atoms with Crippen molar-refractivity contribution in [2.75, 3.05) is 12.1 Å². The largest absolute Gasteiger partial charge is 0.454 e. The summed E-state index contributed by atoms with van der Waals surface area (Å²) in [6, 6.07) is 4.02. The highest BCUT2D eigenvalue weighted by molar-refractivity contribution is 9.10. The number of benzene rings is 1. The summed E-state index contributed by atoms with van der Waals surface area (Å²) in [6.07, 6.45) is 3.81.